The minimum atomic E-state index is -0.239. The summed E-state index contributed by atoms with van der Waals surface area (Å²) in [5.74, 6) is 0. The first-order valence-corrected chi connectivity index (χ1v) is 2.69. The summed E-state index contributed by atoms with van der Waals surface area (Å²) in [6, 6.07) is 1.81. The van der Waals surface area contributed by atoms with Crippen molar-refractivity contribution in [2.75, 3.05) is 0 Å². The van der Waals surface area contributed by atoms with Crippen LogP contribution in [0.4, 0.5) is 0 Å². The van der Waals surface area contributed by atoms with Crippen LogP contribution in [0.25, 0.3) is 0 Å². The summed E-state index contributed by atoms with van der Waals surface area (Å²) in [6.45, 7) is -0.239. The molecule has 1 aromatic heterocycles. The van der Waals surface area contributed by atoms with Crippen molar-refractivity contribution in [2.24, 2.45) is 0 Å². The minimum absolute atomic E-state index is 0.185. The van der Waals surface area contributed by atoms with Crippen LogP contribution in [0.15, 0.2) is 12.4 Å². The highest BCUT2D eigenvalue weighted by Crippen LogP contribution is 1.97. The van der Waals surface area contributed by atoms with Gasteiger partial charge in [0.05, 0.1) is 6.61 Å². The van der Waals surface area contributed by atoms with E-state index in [9.17, 15) is 0 Å². The molecule has 0 fully saturated rings. The molecule has 0 saturated carbocycles. The quantitative estimate of drug-likeness (QED) is 0.580. The van der Waals surface area contributed by atoms with Gasteiger partial charge < -0.3 is 5.11 Å². The van der Waals surface area contributed by atoms with Crippen molar-refractivity contribution in [3.8, 4) is 6.07 Å². The zero-order chi connectivity index (χ0) is 7.40. The second-order valence-corrected chi connectivity index (χ2v) is 1.62. The van der Waals surface area contributed by atoms with Crippen LogP contribution in [-0.2, 0) is 6.61 Å². The molecule has 0 unspecified atom stereocenters. The maximum atomic E-state index is 8.60. The third-order valence-electron chi connectivity index (χ3n) is 1.03. The second-order valence-electron chi connectivity index (χ2n) is 1.62. The summed E-state index contributed by atoms with van der Waals surface area (Å²) >= 11 is 0. The molecule has 0 radical (unpaired) electrons. The Bertz CT molecular complexity index is 266. The Kier molecular flexibility index (Phi) is 1.92. The molecule has 0 spiro atoms. The molecule has 0 atom stereocenters. The monoisotopic (exact) mass is 135 g/mol. The Hall–Kier alpha value is -1.47. The van der Waals surface area contributed by atoms with E-state index in [1.54, 1.807) is 0 Å². The van der Waals surface area contributed by atoms with Gasteiger partial charge in [-0.15, -0.1) is 0 Å². The molecule has 0 aromatic carbocycles. The second kappa shape index (κ2) is 2.90. The van der Waals surface area contributed by atoms with Crippen LogP contribution in [0.5, 0.6) is 0 Å². The Labute approximate surface area is 57.8 Å². The normalized spacial score (nSPS) is 8.80. The molecule has 0 amide bonds. The number of hydrogen-bond acceptors (Lipinski definition) is 4. The predicted molar refractivity (Wildman–Crippen MR) is 32.7 cm³/mol. The van der Waals surface area contributed by atoms with Crippen molar-refractivity contribution in [1.82, 2.24) is 9.97 Å². The Balaban J connectivity index is 3.12. The van der Waals surface area contributed by atoms with E-state index in [1.807, 2.05) is 6.07 Å². The molecule has 0 aliphatic rings. The van der Waals surface area contributed by atoms with Crippen molar-refractivity contribution < 1.29 is 5.11 Å². The molecule has 1 heterocycles. The molecule has 1 N–H and O–H groups in total. The number of rotatable bonds is 1. The number of nitriles is 1. The fourth-order valence-corrected chi connectivity index (χ4v) is 0.576. The highest BCUT2D eigenvalue weighted by Gasteiger charge is 1.99. The lowest BCUT2D eigenvalue weighted by atomic mass is 10.3. The number of aliphatic hydroxyl groups is 1. The summed E-state index contributed by atoms with van der Waals surface area (Å²) in [5.41, 5.74) is 0.509. The van der Waals surface area contributed by atoms with Gasteiger partial charge in [0.2, 0.25) is 0 Å². The van der Waals surface area contributed by atoms with Crippen LogP contribution in [0.1, 0.15) is 11.4 Å². The van der Waals surface area contributed by atoms with Crippen LogP contribution in [-0.4, -0.2) is 15.1 Å². The van der Waals surface area contributed by atoms with E-state index >= 15 is 0 Å². The first kappa shape index (κ1) is 6.65. The molecule has 4 heteroatoms. The molecule has 4 nitrogen and oxygen atoms in total. The Morgan fingerprint density at radius 3 is 2.70 bits per heavy atom. The van der Waals surface area contributed by atoms with E-state index in [1.165, 1.54) is 12.4 Å². The van der Waals surface area contributed by atoms with Crippen molar-refractivity contribution in [2.45, 2.75) is 6.61 Å². The van der Waals surface area contributed by atoms with Gasteiger partial charge in [-0.25, -0.2) is 4.98 Å². The molecule has 0 aliphatic heterocycles. The first-order valence-electron chi connectivity index (χ1n) is 2.69. The van der Waals surface area contributed by atoms with Gasteiger partial charge in [0.15, 0.2) is 5.69 Å². The molecular formula is C6H5N3O. The van der Waals surface area contributed by atoms with Gasteiger partial charge in [0.25, 0.3) is 0 Å². The maximum absolute atomic E-state index is 8.60. The lowest BCUT2D eigenvalue weighted by Crippen LogP contribution is -1.95. The van der Waals surface area contributed by atoms with E-state index < -0.39 is 0 Å². The SMILES string of the molecule is N#Cc1nccnc1CO. The van der Waals surface area contributed by atoms with Crippen molar-refractivity contribution in [1.29, 1.82) is 5.26 Å². The Morgan fingerprint density at radius 2 is 2.20 bits per heavy atom. The minimum Gasteiger partial charge on any atom is -0.390 e. The van der Waals surface area contributed by atoms with E-state index in [2.05, 4.69) is 9.97 Å². The summed E-state index contributed by atoms with van der Waals surface area (Å²) in [7, 11) is 0. The van der Waals surface area contributed by atoms with Gasteiger partial charge in [-0.05, 0) is 0 Å². The molecule has 1 aromatic rings. The van der Waals surface area contributed by atoms with Gasteiger partial charge in [0.1, 0.15) is 11.8 Å². The largest absolute Gasteiger partial charge is 0.390 e. The van der Waals surface area contributed by atoms with Gasteiger partial charge in [0, 0.05) is 12.4 Å². The molecule has 1 rings (SSSR count). The summed E-state index contributed by atoms with van der Waals surface area (Å²) in [4.78, 5) is 7.42. The smallest absolute Gasteiger partial charge is 0.164 e. The number of aromatic nitrogens is 2. The zero-order valence-electron chi connectivity index (χ0n) is 5.15. The highest BCUT2D eigenvalue weighted by molar-refractivity contribution is 5.23. The first-order chi connectivity index (χ1) is 4.88. The predicted octanol–water partition coefficient (Wildman–Crippen LogP) is -0.159. The molecule has 10 heavy (non-hydrogen) atoms. The van der Waals surface area contributed by atoms with Crippen LogP contribution >= 0.6 is 0 Å². The molecule has 0 bridgehead atoms. The maximum Gasteiger partial charge on any atom is 0.164 e. The Morgan fingerprint density at radius 1 is 1.50 bits per heavy atom. The standard InChI is InChI=1S/C6H5N3O/c7-3-5-6(4-10)9-2-1-8-5/h1-2,10H,4H2. The fourth-order valence-electron chi connectivity index (χ4n) is 0.576. The molecule has 0 saturated heterocycles. The summed E-state index contributed by atoms with van der Waals surface area (Å²) in [6.07, 6.45) is 2.85. The van der Waals surface area contributed by atoms with Crippen LogP contribution in [0, 0.1) is 11.3 Å². The fraction of sp³-hybridized carbons (Fsp3) is 0.167. The van der Waals surface area contributed by atoms with Crippen LogP contribution in [0.2, 0.25) is 0 Å². The van der Waals surface area contributed by atoms with Gasteiger partial charge >= 0.3 is 0 Å². The van der Waals surface area contributed by atoms with E-state index in [-0.39, 0.29) is 12.3 Å². The zero-order valence-corrected chi connectivity index (χ0v) is 5.15. The molecule has 0 aliphatic carbocycles. The van der Waals surface area contributed by atoms with Gasteiger partial charge in [-0.2, -0.15) is 5.26 Å². The topological polar surface area (TPSA) is 69.8 Å². The van der Waals surface area contributed by atoms with Crippen molar-refractivity contribution in [3.05, 3.63) is 23.8 Å². The highest BCUT2D eigenvalue weighted by atomic mass is 16.3. The van der Waals surface area contributed by atoms with E-state index in [0.29, 0.717) is 5.69 Å². The average molecular weight is 135 g/mol. The number of nitrogens with zero attached hydrogens (tertiary/aromatic N) is 3. The van der Waals surface area contributed by atoms with Crippen molar-refractivity contribution in [3.63, 3.8) is 0 Å². The van der Waals surface area contributed by atoms with Gasteiger partial charge in [-0.3, -0.25) is 4.98 Å². The van der Waals surface area contributed by atoms with Crippen LogP contribution in [0.3, 0.4) is 0 Å². The third-order valence-corrected chi connectivity index (χ3v) is 1.03. The van der Waals surface area contributed by atoms with Gasteiger partial charge in [-0.1, -0.05) is 0 Å². The van der Waals surface area contributed by atoms with E-state index in [4.69, 9.17) is 10.4 Å². The molecular weight excluding hydrogens is 130 g/mol. The number of hydrogen-bond donors (Lipinski definition) is 1. The summed E-state index contributed by atoms with van der Waals surface area (Å²) in [5, 5.41) is 17.0. The number of aliphatic hydroxyl groups excluding tert-OH is 1. The molecule has 50 valence electrons. The third kappa shape index (κ3) is 1.09. The van der Waals surface area contributed by atoms with E-state index in [0.717, 1.165) is 0 Å². The lowest BCUT2D eigenvalue weighted by molar-refractivity contribution is 0.276. The average Bonchev–Trinajstić information content (AvgIpc) is 2.04. The summed E-state index contributed by atoms with van der Waals surface area (Å²) < 4.78 is 0. The lowest BCUT2D eigenvalue weighted by Gasteiger charge is -1.93. The van der Waals surface area contributed by atoms with Crippen molar-refractivity contribution >= 4 is 0 Å². The van der Waals surface area contributed by atoms with Crippen LogP contribution < -0.4 is 0 Å².